The molecule has 1 aromatic rings. The van der Waals surface area contributed by atoms with Crippen LogP contribution in [-0.4, -0.2) is 30.7 Å². The van der Waals surface area contributed by atoms with Crippen LogP contribution in [0.1, 0.15) is 39.2 Å². The Hall–Kier alpha value is -2.31. The van der Waals surface area contributed by atoms with Gasteiger partial charge in [0, 0.05) is 17.7 Å². The fraction of sp³-hybridized carbons (Fsp3) is 0.562. The predicted molar refractivity (Wildman–Crippen MR) is 85.0 cm³/mol. The van der Waals surface area contributed by atoms with Gasteiger partial charge in [0.2, 0.25) is 5.75 Å². The van der Waals surface area contributed by atoms with Gasteiger partial charge >= 0.3 is 11.7 Å². The molecule has 0 aliphatic heterocycles. The van der Waals surface area contributed by atoms with E-state index in [0.717, 1.165) is 12.8 Å². The van der Waals surface area contributed by atoms with E-state index in [1.54, 1.807) is 6.92 Å². The summed E-state index contributed by atoms with van der Waals surface area (Å²) in [6.45, 7) is 6.63. The van der Waals surface area contributed by atoms with E-state index in [1.165, 1.54) is 12.1 Å². The molecule has 7 nitrogen and oxygen atoms in total. The maximum atomic E-state index is 11.7. The van der Waals surface area contributed by atoms with E-state index in [0.29, 0.717) is 24.5 Å². The van der Waals surface area contributed by atoms with Gasteiger partial charge in [0.25, 0.3) is 0 Å². The second kappa shape index (κ2) is 9.66. The van der Waals surface area contributed by atoms with E-state index >= 15 is 0 Å². The first kappa shape index (κ1) is 18.7. The summed E-state index contributed by atoms with van der Waals surface area (Å²) in [7, 11) is 0. The molecule has 0 radical (unpaired) electrons. The number of rotatable bonds is 10. The molecular weight excluding hydrogens is 302 g/mol. The van der Waals surface area contributed by atoms with E-state index < -0.39 is 10.9 Å². The first-order chi connectivity index (χ1) is 11.0. The Morgan fingerprint density at radius 1 is 1.09 bits per heavy atom. The summed E-state index contributed by atoms with van der Waals surface area (Å²) in [5, 5.41) is 11.2. The summed E-state index contributed by atoms with van der Waals surface area (Å²) in [5.41, 5.74) is 0.244. The molecule has 0 amide bonds. The number of hydrogen-bond acceptors (Lipinski definition) is 6. The van der Waals surface area contributed by atoms with Crippen molar-refractivity contribution in [2.45, 2.75) is 40.0 Å². The van der Waals surface area contributed by atoms with Gasteiger partial charge in [-0.25, -0.2) is 0 Å². The first-order valence-electron chi connectivity index (χ1n) is 7.75. The number of nitrogens with zero attached hydrogens (tertiary/aromatic N) is 1. The molecule has 0 aromatic heterocycles. The molecule has 0 saturated carbocycles. The van der Waals surface area contributed by atoms with Crippen molar-refractivity contribution in [3.05, 3.63) is 27.8 Å². The third-order valence-corrected chi connectivity index (χ3v) is 2.90. The minimum Gasteiger partial charge on any atom is -0.493 e. The average Bonchev–Trinajstić information content (AvgIpc) is 2.51. The molecule has 128 valence electrons. The van der Waals surface area contributed by atoms with Gasteiger partial charge in [0.1, 0.15) is 5.75 Å². The normalized spacial score (nSPS) is 10.2. The summed E-state index contributed by atoms with van der Waals surface area (Å²) in [4.78, 5) is 22.4. The molecule has 1 aromatic carbocycles. The van der Waals surface area contributed by atoms with Crippen molar-refractivity contribution in [2.75, 3.05) is 19.8 Å². The average molecular weight is 325 g/mol. The molecule has 0 aliphatic carbocycles. The fourth-order valence-electron chi connectivity index (χ4n) is 1.92. The smallest absolute Gasteiger partial charge is 0.311 e. The van der Waals surface area contributed by atoms with Gasteiger partial charge < -0.3 is 14.2 Å². The van der Waals surface area contributed by atoms with Crippen LogP contribution in [0, 0.1) is 10.1 Å². The lowest BCUT2D eigenvalue weighted by molar-refractivity contribution is -0.385. The van der Waals surface area contributed by atoms with Crippen molar-refractivity contribution in [3.63, 3.8) is 0 Å². The zero-order valence-corrected chi connectivity index (χ0v) is 13.8. The molecule has 1 rings (SSSR count). The minimum atomic E-state index is -0.525. The van der Waals surface area contributed by atoms with E-state index in [9.17, 15) is 14.9 Å². The molecule has 0 aliphatic rings. The van der Waals surface area contributed by atoms with Crippen LogP contribution in [0.3, 0.4) is 0 Å². The van der Waals surface area contributed by atoms with Crippen LogP contribution in [0.15, 0.2) is 12.1 Å². The zero-order valence-electron chi connectivity index (χ0n) is 13.8. The molecule has 0 bridgehead atoms. The summed E-state index contributed by atoms with van der Waals surface area (Å²) in [5.74, 6) is 0.109. The highest BCUT2D eigenvalue weighted by Gasteiger charge is 2.22. The van der Waals surface area contributed by atoms with E-state index in [-0.39, 0.29) is 24.5 Å². The van der Waals surface area contributed by atoms with Crippen LogP contribution in [-0.2, 0) is 16.0 Å². The molecule has 0 unspecified atom stereocenters. The zero-order chi connectivity index (χ0) is 17.2. The lowest BCUT2D eigenvalue weighted by Crippen LogP contribution is -2.10. The number of hydrogen-bond donors (Lipinski definition) is 0. The van der Waals surface area contributed by atoms with Crippen molar-refractivity contribution < 1.29 is 23.9 Å². The number of carbonyl (C=O) groups is 1. The number of carbonyl (C=O) groups excluding carboxylic acids is 1. The van der Waals surface area contributed by atoms with Gasteiger partial charge in [0.15, 0.2) is 0 Å². The second-order valence-corrected chi connectivity index (χ2v) is 4.86. The van der Waals surface area contributed by atoms with Crippen molar-refractivity contribution in [1.82, 2.24) is 0 Å². The van der Waals surface area contributed by atoms with Gasteiger partial charge in [-0.05, 0) is 19.8 Å². The van der Waals surface area contributed by atoms with E-state index in [4.69, 9.17) is 14.2 Å². The molecule has 0 atom stereocenters. The van der Waals surface area contributed by atoms with Gasteiger partial charge in [0.05, 0.1) is 31.2 Å². The second-order valence-electron chi connectivity index (χ2n) is 4.86. The van der Waals surface area contributed by atoms with Crippen molar-refractivity contribution in [2.24, 2.45) is 0 Å². The van der Waals surface area contributed by atoms with Crippen molar-refractivity contribution in [3.8, 4) is 11.5 Å². The maximum Gasteiger partial charge on any atom is 0.311 e. The number of esters is 1. The van der Waals surface area contributed by atoms with Crippen LogP contribution in [0.2, 0.25) is 0 Å². The van der Waals surface area contributed by atoms with Crippen LogP contribution in [0.5, 0.6) is 11.5 Å². The Morgan fingerprint density at radius 2 is 1.70 bits per heavy atom. The van der Waals surface area contributed by atoms with Crippen LogP contribution in [0.25, 0.3) is 0 Å². The van der Waals surface area contributed by atoms with E-state index in [2.05, 4.69) is 0 Å². The van der Waals surface area contributed by atoms with Crippen LogP contribution < -0.4 is 9.47 Å². The molecule has 0 heterocycles. The fourth-order valence-corrected chi connectivity index (χ4v) is 1.92. The molecule has 0 fully saturated rings. The largest absolute Gasteiger partial charge is 0.493 e. The molecule has 0 N–H and O–H groups in total. The van der Waals surface area contributed by atoms with Crippen molar-refractivity contribution >= 4 is 11.7 Å². The number of ether oxygens (including phenoxy) is 3. The minimum absolute atomic E-state index is 0.0816. The number of benzene rings is 1. The van der Waals surface area contributed by atoms with Gasteiger partial charge in [-0.3, -0.25) is 14.9 Å². The highest BCUT2D eigenvalue weighted by atomic mass is 16.6. The van der Waals surface area contributed by atoms with Gasteiger partial charge in [-0.1, -0.05) is 13.8 Å². The SMILES string of the molecule is CCCOc1cc(OCCC)c([N+](=O)[O-])cc1CC(=O)OCC. The molecule has 0 saturated heterocycles. The predicted octanol–water partition coefficient (Wildman–Crippen LogP) is 3.28. The Labute approximate surface area is 135 Å². The van der Waals surface area contributed by atoms with Gasteiger partial charge in [-0.2, -0.15) is 0 Å². The summed E-state index contributed by atoms with van der Waals surface area (Å²) < 4.78 is 16.0. The molecular formula is C16H23NO6. The third kappa shape index (κ3) is 5.77. The Balaban J connectivity index is 3.19. The van der Waals surface area contributed by atoms with Crippen molar-refractivity contribution in [1.29, 1.82) is 0 Å². The standard InChI is InChI=1S/C16H23NO6/c1-4-7-22-14-11-15(23-8-5-2)13(17(19)20)9-12(14)10-16(18)21-6-3/h9,11H,4-8,10H2,1-3H3. The summed E-state index contributed by atoms with van der Waals surface area (Å²) in [6, 6.07) is 2.81. The van der Waals surface area contributed by atoms with E-state index in [1.807, 2.05) is 13.8 Å². The molecule has 23 heavy (non-hydrogen) atoms. The summed E-state index contributed by atoms with van der Waals surface area (Å²) in [6.07, 6.45) is 1.43. The summed E-state index contributed by atoms with van der Waals surface area (Å²) >= 11 is 0. The maximum absolute atomic E-state index is 11.7. The monoisotopic (exact) mass is 325 g/mol. The van der Waals surface area contributed by atoms with Crippen LogP contribution in [0.4, 0.5) is 5.69 Å². The quantitative estimate of drug-likeness (QED) is 0.373. The number of nitro benzene ring substituents is 1. The molecule has 7 heteroatoms. The van der Waals surface area contributed by atoms with Gasteiger partial charge in [-0.15, -0.1) is 0 Å². The lowest BCUT2D eigenvalue weighted by atomic mass is 10.1. The highest BCUT2D eigenvalue weighted by molar-refractivity contribution is 5.74. The Morgan fingerprint density at radius 3 is 2.22 bits per heavy atom. The van der Waals surface area contributed by atoms with Crippen LogP contribution >= 0.6 is 0 Å². The first-order valence-corrected chi connectivity index (χ1v) is 7.75. The molecule has 0 spiro atoms. The third-order valence-electron chi connectivity index (χ3n) is 2.90. The Kier molecular flexibility index (Phi) is 7.87. The highest BCUT2D eigenvalue weighted by Crippen LogP contribution is 2.35. The lowest BCUT2D eigenvalue weighted by Gasteiger charge is -2.13. The number of nitro groups is 1. The topological polar surface area (TPSA) is 87.9 Å². The Bertz CT molecular complexity index is 544.